The Balaban J connectivity index is 2.02. The molecule has 0 amide bonds. The Hall–Kier alpha value is -3.31. The SMILES string of the molecule is O=C(O)/C(=C/n1cnc(-c2cc(C(F)(F)F)cc(C(F)(F)F)c2)n1)C1C=COC1. The molecule has 0 saturated heterocycles. The summed E-state index contributed by atoms with van der Waals surface area (Å²) in [6.45, 7) is 0.0717. The van der Waals surface area contributed by atoms with E-state index in [9.17, 15) is 36.2 Å². The minimum Gasteiger partial charge on any atom is -0.501 e. The van der Waals surface area contributed by atoms with Gasteiger partial charge in [-0.15, -0.1) is 5.10 Å². The third-order valence-electron chi connectivity index (χ3n) is 3.96. The molecule has 1 aliphatic rings. The fraction of sp³-hybridized carbons (Fsp3) is 0.235. The zero-order valence-electron chi connectivity index (χ0n) is 14.2. The highest BCUT2D eigenvalue weighted by molar-refractivity contribution is 5.91. The van der Waals surface area contributed by atoms with Crippen LogP contribution in [0.5, 0.6) is 0 Å². The lowest BCUT2D eigenvalue weighted by Crippen LogP contribution is -2.13. The number of aliphatic carboxylic acids is 1. The number of aromatic nitrogens is 3. The first-order valence-electron chi connectivity index (χ1n) is 7.89. The Labute approximate surface area is 158 Å². The molecule has 1 atom stereocenters. The highest BCUT2D eigenvalue weighted by atomic mass is 19.4. The predicted molar refractivity (Wildman–Crippen MR) is 86.0 cm³/mol. The molecule has 6 nitrogen and oxygen atoms in total. The zero-order chi connectivity index (χ0) is 21.4. The van der Waals surface area contributed by atoms with Gasteiger partial charge in [0.2, 0.25) is 0 Å². The van der Waals surface area contributed by atoms with E-state index >= 15 is 0 Å². The second kappa shape index (κ2) is 7.26. The molecule has 154 valence electrons. The molecule has 0 bridgehead atoms. The molecular weight excluding hydrogens is 408 g/mol. The summed E-state index contributed by atoms with van der Waals surface area (Å²) in [4.78, 5) is 15.1. The first kappa shape index (κ1) is 20.4. The van der Waals surface area contributed by atoms with Crippen LogP contribution in [-0.4, -0.2) is 32.4 Å². The average Bonchev–Trinajstić information content (AvgIpc) is 3.29. The number of carboxylic acid groups (broad SMARTS) is 1. The van der Waals surface area contributed by atoms with Crippen LogP contribution >= 0.6 is 0 Å². The highest BCUT2D eigenvalue weighted by Gasteiger charge is 2.37. The lowest BCUT2D eigenvalue weighted by Gasteiger charge is -2.13. The van der Waals surface area contributed by atoms with Crippen LogP contribution < -0.4 is 0 Å². The summed E-state index contributed by atoms with van der Waals surface area (Å²) < 4.78 is 83.8. The van der Waals surface area contributed by atoms with E-state index < -0.39 is 46.8 Å². The Morgan fingerprint density at radius 1 is 1.14 bits per heavy atom. The van der Waals surface area contributed by atoms with E-state index in [2.05, 4.69) is 10.1 Å². The summed E-state index contributed by atoms with van der Waals surface area (Å²) in [5.74, 6) is -2.31. The maximum atomic E-state index is 13.0. The van der Waals surface area contributed by atoms with Crippen molar-refractivity contribution in [3.63, 3.8) is 0 Å². The van der Waals surface area contributed by atoms with Gasteiger partial charge in [-0.05, 0) is 24.3 Å². The summed E-state index contributed by atoms with van der Waals surface area (Å²) in [5, 5.41) is 13.1. The topological polar surface area (TPSA) is 77.2 Å². The summed E-state index contributed by atoms with van der Waals surface area (Å²) in [7, 11) is 0. The molecule has 29 heavy (non-hydrogen) atoms. The first-order valence-corrected chi connectivity index (χ1v) is 7.89. The van der Waals surface area contributed by atoms with Gasteiger partial charge in [0.05, 0.1) is 29.6 Å². The summed E-state index contributed by atoms with van der Waals surface area (Å²) >= 11 is 0. The van der Waals surface area contributed by atoms with Gasteiger partial charge in [-0.25, -0.2) is 14.5 Å². The summed E-state index contributed by atoms with van der Waals surface area (Å²) in [5.41, 5.74) is -3.67. The van der Waals surface area contributed by atoms with E-state index in [1.165, 1.54) is 12.3 Å². The highest BCUT2D eigenvalue weighted by Crippen LogP contribution is 2.38. The maximum Gasteiger partial charge on any atom is 0.416 e. The van der Waals surface area contributed by atoms with Crippen LogP contribution in [-0.2, 0) is 21.9 Å². The summed E-state index contributed by atoms with van der Waals surface area (Å²) in [6, 6.07) is 0.976. The molecule has 0 spiro atoms. The zero-order valence-corrected chi connectivity index (χ0v) is 14.2. The molecule has 0 saturated carbocycles. The van der Waals surface area contributed by atoms with Crippen molar-refractivity contribution in [2.45, 2.75) is 12.4 Å². The van der Waals surface area contributed by atoms with Gasteiger partial charge in [0.1, 0.15) is 6.33 Å². The smallest absolute Gasteiger partial charge is 0.416 e. The fourth-order valence-electron chi connectivity index (χ4n) is 2.56. The van der Waals surface area contributed by atoms with E-state index in [0.29, 0.717) is 12.1 Å². The van der Waals surface area contributed by atoms with Gasteiger partial charge >= 0.3 is 18.3 Å². The lowest BCUT2D eigenvalue weighted by atomic mass is 10.0. The van der Waals surface area contributed by atoms with Gasteiger partial charge in [-0.1, -0.05) is 0 Å². The number of halogens is 6. The number of benzene rings is 1. The third kappa shape index (κ3) is 4.58. The molecule has 2 aromatic rings. The molecule has 0 aliphatic carbocycles. The van der Waals surface area contributed by atoms with Crippen molar-refractivity contribution < 1.29 is 41.0 Å². The number of hydrogen-bond acceptors (Lipinski definition) is 4. The molecule has 0 fully saturated rings. The molecule has 1 unspecified atom stereocenters. The van der Waals surface area contributed by atoms with Gasteiger partial charge < -0.3 is 9.84 Å². The molecule has 1 aromatic carbocycles. The normalized spacial score (nSPS) is 17.4. The number of carboxylic acids is 1. The van der Waals surface area contributed by atoms with Crippen LogP contribution in [0.2, 0.25) is 0 Å². The molecule has 12 heteroatoms. The van der Waals surface area contributed by atoms with Crippen LogP contribution in [0, 0.1) is 5.92 Å². The van der Waals surface area contributed by atoms with Crippen LogP contribution in [0.3, 0.4) is 0 Å². The quantitative estimate of drug-likeness (QED) is 0.597. The standard InChI is InChI=1S/C17H11F6N3O3/c18-16(19,20)11-3-10(4-12(5-11)17(21,22)23)14-24-8-26(25-14)6-13(15(27)28)9-1-2-29-7-9/h1-6,8-9H,7H2,(H,27,28)/b13-6+. The largest absolute Gasteiger partial charge is 0.501 e. The molecule has 0 radical (unpaired) electrons. The molecule has 1 N–H and O–H groups in total. The van der Waals surface area contributed by atoms with Gasteiger partial charge in [0.25, 0.3) is 0 Å². The van der Waals surface area contributed by atoms with E-state index in [-0.39, 0.29) is 18.2 Å². The minimum atomic E-state index is -5.01. The lowest BCUT2D eigenvalue weighted by molar-refractivity contribution is -0.143. The first-order chi connectivity index (χ1) is 13.4. The van der Waals surface area contributed by atoms with Crippen LogP contribution in [0.4, 0.5) is 26.3 Å². The number of alkyl halides is 6. The van der Waals surface area contributed by atoms with E-state index in [4.69, 9.17) is 4.74 Å². The van der Waals surface area contributed by atoms with Crippen molar-refractivity contribution in [2.75, 3.05) is 6.61 Å². The predicted octanol–water partition coefficient (Wildman–Crippen LogP) is 4.07. The Bertz CT molecular complexity index is 959. The molecule has 1 aliphatic heterocycles. The average molecular weight is 419 g/mol. The van der Waals surface area contributed by atoms with Crippen molar-refractivity contribution in [2.24, 2.45) is 5.92 Å². The van der Waals surface area contributed by atoms with Crippen LogP contribution in [0.15, 0.2) is 42.4 Å². The van der Waals surface area contributed by atoms with Crippen LogP contribution in [0.25, 0.3) is 17.6 Å². The van der Waals surface area contributed by atoms with Crippen molar-refractivity contribution >= 4 is 12.2 Å². The Kier molecular flexibility index (Phi) is 5.11. The van der Waals surface area contributed by atoms with E-state index in [1.54, 1.807) is 0 Å². The maximum absolute atomic E-state index is 13.0. The van der Waals surface area contributed by atoms with Crippen molar-refractivity contribution in [1.29, 1.82) is 0 Å². The van der Waals surface area contributed by atoms with Gasteiger partial charge in [-0.3, -0.25) is 0 Å². The number of nitrogens with zero attached hydrogens (tertiary/aromatic N) is 3. The number of ether oxygens (including phenoxy) is 1. The fourth-order valence-corrected chi connectivity index (χ4v) is 2.56. The number of hydrogen-bond donors (Lipinski definition) is 1. The minimum absolute atomic E-state index is 0.00460. The molecular formula is C17H11F6N3O3. The second-order valence-electron chi connectivity index (χ2n) is 6.00. The molecule has 3 rings (SSSR count). The number of carbonyl (C=O) groups is 1. The Morgan fingerprint density at radius 3 is 2.24 bits per heavy atom. The number of rotatable bonds is 4. The van der Waals surface area contributed by atoms with Crippen molar-refractivity contribution in [3.8, 4) is 11.4 Å². The monoisotopic (exact) mass is 419 g/mol. The second-order valence-corrected chi connectivity index (χ2v) is 6.00. The third-order valence-corrected chi connectivity index (χ3v) is 3.96. The molecule has 2 heterocycles. The van der Waals surface area contributed by atoms with Crippen molar-refractivity contribution in [1.82, 2.24) is 14.8 Å². The van der Waals surface area contributed by atoms with E-state index in [0.717, 1.165) is 17.2 Å². The van der Waals surface area contributed by atoms with E-state index in [1.807, 2.05) is 0 Å². The van der Waals surface area contributed by atoms with Crippen molar-refractivity contribution in [3.05, 3.63) is 53.6 Å². The van der Waals surface area contributed by atoms with Gasteiger partial charge in [-0.2, -0.15) is 26.3 Å². The Morgan fingerprint density at radius 2 is 1.76 bits per heavy atom. The van der Waals surface area contributed by atoms with Gasteiger partial charge in [0.15, 0.2) is 5.82 Å². The summed E-state index contributed by atoms with van der Waals surface area (Å²) in [6.07, 6.45) is -5.19. The molecule has 1 aromatic heterocycles. The van der Waals surface area contributed by atoms with Crippen LogP contribution in [0.1, 0.15) is 11.1 Å². The van der Waals surface area contributed by atoms with Gasteiger partial charge in [0, 0.05) is 17.7 Å².